The summed E-state index contributed by atoms with van der Waals surface area (Å²) in [6.45, 7) is 10.2. The van der Waals surface area contributed by atoms with Crippen LogP contribution in [0.4, 0.5) is 0 Å². The molecule has 20 heavy (non-hydrogen) atoms. The number of nitrogens with one attached hydrogen (secondary N) is 1. The van der Waals surface area contributed by atoms with Gasteiger partial charge in [-0.1, -0.05) is 43.7 Å². The number of nitrogens with zero attached hydrogens (tertiary/aromatic N) is 1. The summed E-state index contributed by atoms with van der Waals surface area (Å²) >= 11 is 0. The van der Waals surface area contributed by atoms with Gasteiger partial charge in [-0.25, -0.2) is 0 Å². The quantitative estimate of drug-likeness (QED) is 0.771. The van der Waals surface area contributed by atoms with E-state index in [4.69, 9.17) is 0 Å². The molecule has 1 N–H and O–H groups in total. The van der Waals surface area contributed by atoms with Crippen LogP contribution in [0.3, 0.4) is 0 Å². The molecule has 0 saturated carbocycles. The van der Waals surface area contributed by atoms with E-state index in [-0.39, 0.29) is 0 Å². The van der Waals surface area contributed by atoms with E-state index < -0.39 is 0 Å². The zero-order valence-electron chi connectivity index (χ0n) is 14.1. The highest BCUT2D eigenvalue weighted by Crippen LogP contribution is 2.18. The van der Waals surface area contributed by atoms with Gasteiger partial charge in [0, 0.05) is 12.1 Å². The van der Waals surface area contributed by atoms with Crippen LogP contribution >= 0.6 is 0 Å². The molecule has 1 rings (SSSR count). The van der Waals surface area contributed by atoms with Gasteiger partial charge in [-0.15, -0.1) is 0 Å². The molecule has 1 aromatic carbocycles. The molecule has 0 aliphatic heterocycles. The lowest BCUT2D eigenvalue weighted by Gasteiger charge is -2.28. The molecule has 114 valence electrons. The highest BCUT2D eigenvalue weighted by atomic mass is 15.1. The number of hydrogen-bond acceptors (Lipinski definition) is 2. The summed E-state index contributed by atoms with van der Waals surface area (Å²) in [7, 11) is 4.30. The first kappa shape index (κ1) is 17.2. The monoisotopic (exact) mass is 276 g/mol. The molecular weight excluding hydrogens is 244 g/mol. The van der Waals surface area contributed by atoms with Crippen LogP contribution in [-0.2, 0) is 0 Å². The van der Waals surface area contributed by atoms with Crippen LogP contribution in [0.1, 0.15) is 50.8 Å². The van der Waals surface area contributed by atoms with Crippen LogP contribution < -0.4 is 5.32 Å². The summed E-state index contributed by atoms with van der Waals surface area (Å²) in [6, 6.07) is 9.99. The van der Waals surface area contributed by atoms with E-state index in [9.17, 15) is 0 Å². The summed E-state index contributed by atoms with van der Waals surface area (Å²) in [5.74, 6) is 0.768. The fourth-order valence-corrected chi connectivity index (χ4v) is 2.69. The minimum atomic E-state index is 0.448. The zero-order chi connectivity index (χ0) is 15.1. The second-order valence-electron chi connectivity index (χ2n) is 6.50. The predicted octanol–water partition coefficient (Wildman–Crippen LogP) is 4.01. The van der Waals surface area contributed by atoms with E-state index in [1.165, 1.54) is 17.5 Å². The normalized spacial score (nSPS) is 14.8. The van der Waals surface area contributed by atoms with Crippen molar-refractivity contribution in [3.63, 3.8) is 0 Å². The first-order valence-electron chi connectivity index (χ1n) is 7.88. The number of aryl methyl sites for hydroxylation is 1. The standard InChI is InChI=1S/C18H32N2/c1-14(2)13-16(4)20(6)12-11-18(19-5)17-9-7-15(3)8-10-17/h7-10,14,16,18-19H,11-13H2,1-6H3. The van der Waals surface area contributed by atoms with Gasteiger partial charge < -0.3 is 10.2 Å². The maximum Gasteiger partial charge on any atom is 0.0329 e. The Morgan fingerprint density at radius 1 is 1.10 bits per heavy atom. The molecule has 0 saturated heterocycles. The molecular formula is C18H32N2. The van der Waals surface area contributed by atoms with E-state index >= 15 is 0 Å². The van der Waals surface area contributed by atoms with Gasteiger partial charge in [-0.2, -0.15) is 0 Å². The van der Waals surface area contributed by atoms with Crippen molar-refractivity contribution >= 4 is 0 Å². The van der Waals surface area contributed by atoms with Crippen LogP contribution in [0.25, 0.3) is 0 Å². The second kappa shape index (κ2) is 8.43. The maximum atomic E-state index is 3.45. The lowest BCUT2D eigenvalue weighted by Crippen LogP contribution is -2.33. The molecule has 0 fully saturated rings. The molecule has 0 radical (unpaired) electrons. The Kier molecular flexibility index (Phi) is 7.25. The van der Waals surface area contributed by atoms with E-state index in [0.717, 1.165) is 18.9 Å². The number of benzene rings is 1. The van der Waals surface area contributed by atoms with E-state index in [1.807, 2.05) is 0 Å². The third-order valence-corrected chi connectivity index (χ3v) is 4.16. The van der Waals surface area contributed by atoms with Crippen LogP contribution in [0, 0.1) is 12.8 Å². The third-order valence-electron chi connectivity index (χ3n) is 4.16. The first-order chi connectivity index (χ1) is 9.43. The van der Waals surface area contributed by atoms with Gasteiger partial charge in [0.05, 0.1) is 0 Å². The molecule has 0 aliphatic carbocycles. The van der Waals surface area contributed by atoms with E-state index in [1.54, 1.807) is 0 Å². The molecule has 0 amide bonds. The van der Waals surface area contributed by atoms with E-state index in [0.29, 0.717) is 12.1 Å². The fourth-order valence-electron chi connectivity index (χ4n) is 2.69. The molecule has 2 unspecified atom stereocenters. The minimum Gasteiger partial charge on any atom is -0.313 e. The van der Waals surface area contributed by atoms with Crippen molar-refractivity contribution in [1.82, 2.24) is 10.2 Å². The molecule has 2 atom stereocenters. The predicted molar refractivity (Wildman–Crippen MR) is 89.1 cm³/mol. The zero-order valence-corrected chi connectivity index (χ0v) is 14.1. The maximum absolute atomic E-state index is 3.45. The summed E-state index contributed by atoms with van der Waals surface area (Å²) in [5.41, 5.74) is 2.72. The van der Waals surface area contributed by atoms with Gasteiger partial charge in [0.25, 0.3) is 0 Å². The average Bonchev–Trinajstić information content (AvgIpc) is 2.40. The highest BCUT2D eigenvalue weighted by Gasteiger charge is 2.14. The van der Waals surface area contributed by atoms with Gasteiger partial charge in [0.15, 0.2) is 0 Å². The summed E-state index contributed by atoms with van der Waals surface area (Å²) < 4.78 is 0. The van der Waals surface area contributed by atoms with Gasteiger partial charge in [0.2, 0.25) is 0 Å². The van der Waals surface area contributed by atoms with Crippen molar-refractivity contribution in [1.29, 1.82) is 0 Å². The first-order valence-corrected chi connectivity index (χ1v) is 7.88. The smallest absolute Gasteiger partial charge is 0.0329 e. The molecule has 2 nitrogen and oxygen atoms in total. The van der Waals surface area contributed by atoms with Crippen molar-refractivity contribution in [3.8, 4) is 0 Å². The van der Waals surface area contributed by atoms with Gasteiger partial charge >= 0.3 is 0 Å². The second-order valence-corrected chi connectivity index (χ2v) is 6.50. The summed E-state index contributed by atoms with van der Waals surface area (Å²) in [5, 5.41) is 3.45. The summed E-state index contributed by atoms with van der Waals surface area (Å²) in [4.78, 5) is 2.48. The Hall–Kier alpha value is -0.860. The molecule has 0 aromatic heterocycles. The Labute approximate surface area is 125 Å². The van der Waals surface area contributed by atoms with Gasteiger partial charge in [0.1, 0.15) is 0 Å². The van der Waals surface area contributed by atoms with Crippen LogP contribution in [-0.4, -0.2) is 31.6 Å². The number of rotatable bonds is 8. The van der Waals surface area contributed by atoms with Crippen LogP contribution in [0.5, 0.6) is 0 Å². The van der Waals surface area contributed by atoms with Gasteiger partial charge in [-0.05, 0) is 58.8 Å². The summed E-state index contributed by atoms with van der Waals surface area (Å²) in [6.07, 6.45) is 2.42. The molecule has 2 heteroatoms. The SMILES string of the molecule is CNC(CCN(C)C(C)CC(C)C)c1ccc(C)cc1. The number of hydrogen-bond donors (Lipinski definition) is 1. The molecule has 0 spiro atoms. The Morgan fingerprint density at radius 3 is 2.20 bits per heavy atom. The minimum absolute atomic E-state index is 0.448. The Morgan fingerprint density at radius 2 is 1.70 bits per heavy atom. The topological polar surface area (TPSA) is 15.3 Å². The fraction of sp³-hybridized carbons (Fsp3) is 0.667. The highest BCUT2D eigenvalue weighted by molar-refractivity contribution is 5.24. The average molecular weight is 276 g/mol. The molecule has 0 bridgehead atoms. The van der Waals surface area contributed by atoms with E-state index in [2.05, 4.69) is 76.3 Å². The van der Waals surface area contributed by atoms with Crippen molar-refractivity contribution < 1.29 is 0 Å². The Balaban J connectivity index is 2.50. The lowest BCUT2D eigenvalue weighted by atomic mass is 10.0. The third kappa shape index (κ3) is 5.64. The molecule has 1 aromatic rings. The van der Waals surface area contributed by atoms with Crippen molar-refractivity contribution in [3.05, 3.63) is 35.4 Å². The van der Waals surface area contributed by atoms with Crippen LogP contribution in [0.15, 0.2) is 24.3 Å². The van der Waals surface area contributed by atoms with Crippen molar-refractivity contribution in [2.45, 2.75) is 52.6 Å². The largest absolute Gasteiger partial charge is 0.313 e. The lowest BCUT2D eigenvalue weighted by molar-refractivity contribution is 0.218. The Bertz CT molecular complexity index is 370. The van der Waals surface area contributed by atoms with Crippen LogP contribution in [0.2, 0.25) is 0 Å². The van der Waals surface area contributed by atoms with Crippen molar-refractivity contribution in [2.75, 3.05) is 20.6 Å². The van der Waals surface area contributed by atoms with Crippen molar-refractivity contribution in [2.24, 2.45) is 5.92 Å². The molecule has 0 heterocycles. The van der Waals surface area contributed by atoms with Gasteiger partial charge in [-0.3, -0.25) is 0 Å². The molecule has 0 aliphatic rings.